The number of aliphatic carboxylic acids is 1. The molecule has 1 unspecified atom stereocenters. The molecule has 1 N–H and O–H groups in total. The number of carbonyl (C=O) groups is 4. The summed E-state index contributed by atoms with van der Waals surface area (Å²) in [5.41, 5.74) is 0. The van der Waals surface area contributed by atoms with Crippen LogP contribution >= 0.6 is 0 Å². The molecule has 1 atom stereocenters. The molecule has 0 saturated carbocycles. The Hall–Kier alpha value is -2.12. The van der Waals surface area contributed by atoms with Crippen LogP contribution in [0.5, 0.6) is 0 Å². The molecule has 8 heteroatoms. The maximum atomic E-state index is 12.4. The van der Waals surface area contributed by atoms with Gasteiger partial charge in [-0.3, -0.25) is 19.2 Å². The second-order valence-corrected chi connectivity index (χ2v) is 8.45. The van der Waals surface area contributed by atoms with Gasteiger partial charge in [-0.05, 0) is 25.7 Å². The SMILES string of the molecule is CCCCCCCC(=O)OCOC(=O)C(CCCCC(=O)O)COC(=O)CCCCCCC. The van der Waals surface area contributed by atoms with Crippen LogP contribution in [0, 0.1) is 5.92 Å². The van der Waals surface area contributed by atoms with Gasteiger partial charge in [-0.15, -0.1) is 0 Å². The topological polar surface area (TPSA) is 116 Å². The molecule has 0 aliphatic rings. The molecule has 8 nitrogen and oxygen atoms in total. The van der Waals surface area contributed by atoms with Crippen molar-refractivity contribution in [1.82, 2.24) is 0 Å². The number of carboxylic acids is 1. The third-order valence-electron chi connectivity index (χ3n) is 5.36. The van der Waals surface area contributed by atoms with Gasteiger partial charge in [-0.2, -0.15) is 0 Å². The van der Waals surface area contributed by atoms with Crippen LogP contribution in [0.1, 0.15) is 117 Å². The quantitative estimate of drug-likeness (QED) is 0.124. The summed E-state index contributed by atoms with van der Waals surface area (Å²) in [5, 5.41) is 8.76. The first-order valence-corrected chi connectivity index (χ1v) is 12.6. The summed E-state index contributed by atoms with van der Waals surface area (Å²) in [6, 6.07) is 0. The van der Waals surface area contributed by atoms with Crippen LogP contribution in [0.4, 0.5) is 0 Å². The zero-order valence-electron chi connectivity index (χ0n) is 20.6. The van der Waals surface area contributed by atoms with Crippen molar-refractivity contribution in [2.45, 2.75) is 117 Å². The summed E-state index contributed by atoms with van der Waals surface area (Å²) >= 11 is 0. The number of hydrogen-bond acceptors (Lipinski definition) is 7. The fraction of sp³-hybridized carbons (Fsp3) is 0.840. The normalized spacial score (nSPS) is 11.6. The van der Waals surface area contributed by atoms with E-state index < -0.39 is 30.6 Å². The van der Waals surface area contributed by atoms with Gasteiger partial charge in [0.05, 0.1) is 5.92 Å². The van der Waals surface area contributed by atoms with Crippen molar-refractivity contribution in [3.63, 3.8) is 0 Å². The van der Waals surface area contributed by atoms with Crippen molar-refractivity contribution in [2.24, 2.45) is 5.92 Å². The number of ether oxygens (including phenoxy) is 3. The van der Waals surface area contributed by atoms with E-state index in [-0.39, 0.29) is 25.4 Å². The molecule has 192 valence electrons. The van der Waals surface area contributed by atoms with Gasteiger partial charge in [0.25, 0.3) is 0 Å². The number of carboxylic acid groups (broad SMARTS) is 1. The van der Waals surface area contributed by atoms with Gasteiger partial charge in [-0.1, -0.05) is 71.6 Å². The Kier molecular flexibility index (Phi) is 20.3. The predicted octanol–water partition coefficient (Wildman–Crippen LogP) is 5.56. The van der Waals surface area contributed by atoms with Crippen LogP contribution in [0.3, 0.4) is 0 Å². The largest absolute Gasteiger partial charge is 0.481 e. The maximum absolute atomic E-state index is 12.4. The van der Waals surface area contributed by atoms with Crippen molar-refractivity contribution in [3.05, 3.63) is 0 Å². The zero-order valence-corrected chi connectivity index (χ0v) is 20.6. The zero-order chi connectivity index (χ0) is 24.7. The summed E-state index contributed by atoms with van der Waals surface area (Å²) < 4.78 is 15.3. The summed E-state index contributed by atoms with van der Waals surface area (Å²) in [6.07, 6.45) is 12.0. The molecule has 0 aromatic heterocycles. The molecule has 0 fully saturated rings. The minimum Gasteiger partial charge on any atom is -0.481 e. The molecule has 0 rings (SSSR count). The Bertz CT molecular complexity index is 547. The van der Waals surface area contributed by atoms with E-state index in [4.69, 9.17) is 19.3 Å². The fourth-order valence-corrected chi connectivity index (χ4v) is 3.29. The lowest BCUT2D eigenvalue weighted by Gasteiger charge is -2.16. The van der Waals surface area contributed by atoms with Crippen LogP contribution in [-0.2, 0) is 33.4 Å². The molecule has 0 aromatic rings. The van der Waals surface area contributed by atoms with Crippen molar-refractivity contribution in [2.75, 3.05) is 13.4 Å². The number of rotatable bonds is 22. The van der Waals surface area contributed by atoms with Gasteiger partial charge in [0, 0.05) is 19.3 Å². The lowest BCUT2D eigenvalue weighted by atomic mass is 10.0. The molecule has 0 aromatic carbocycles. The van der Waals surface area contributed by atoms with E-state index in [0.29, 0.717) is 25.7 Å². The minimum absolute atomic E-state index is 0.00911. The Balaban J connectivity index is 4.33. The summed E-state index contributed by atoms with van der Waals surface area (Å²) in [5.74, 6) is -2.99. The van der Waals surface area contributed by atoms with Gasteiger partial charge < -0.3 is 19.3 Å². The lowest BCUT2D eigenvalue weighted by molar-refractivity contribution is -0.172. The minimum atomic E-state index is -0.898. The second kappa shape index (κ2) is 21.7. The molecule has 0 aliphatic carbocycles. The monoisotopic (exact) mass is 472 g/mol. The summed E-state index contributed by atoms with van der Waals surface area (Å²) in [6.45, 7) is 3.66. The average molecular weight is 473 g/mol. The molecule has 0 saturated heterocycles. The van der Waals surface area contributed by atoms with Crippen molar-refractivity contribution < 1.29 is 38.5 Å². The number of esters is 3. The van der Waals surface area contributed by atoms with Gasteiger partial charge in [-0.25, -0.2) is 0 Å². The number of hydrogen-bond donors (Lipinski definition) is 1. The van der Waals surface area contributed by atoms with Crippen LogP contribution in [0.25, 0.3) is 0 Å². The van der Waals surface area contributed by atoms with Crippen LogP contribution in [0.2, 0.25) is 0 Å². The first-order chi connectivity index (χ1) is 15.9. The van der Waals surface area contributed by atoms with Gasteiger partial charge >= 0.3 is 23.9 Å². The van der Waals surface area contributed by atoms with E-state index in [2.05, 4.69) is 13.8 Å². The Morgan fingerprint density at radius 2 is 1.15 bits per heavy atom. The molecule has 0 amide bonds. The first kappa shape index (κ1) is 30.9. The highest BCUT2D eigenvalue weighted by Crippen LogP contribution is 2.14. The van der Waals surface area contributed by atoms with Crippen molar-refractivity contribution >= 4 is 23.9 Å². The van der Waals surface area contributed by atoms with E-state index >= 15 is 0 Å². The van der Waals surface area contributed by atoms with Crippen molar-refractivity contribution in [3.8, 4) is 0 Å². The summed E-state index contributed by atoms with van der Waals surface area (Å²) in [7, 11) is 0. The third kappa shape index (κ3) is 20.2. The first-order valence-electron chi connectivity index (χ1n) is 12.6. The molecule has 0 heterocycles. The van der Waals surface area contributed by atoms with Gasteiger partial charge in [0.2, 0.25) is 6.79 Å². The Morgan fingerprint density at radius 3 is 1.70 bits per heavy atom. The molecule has 0 radical (unpaired) electrons. The summed E-state index contributed by atoms with van der Waals surface area (Å²) in [4.78, 5) is 46.8. The van der Waals surface area contributed by atoms with E-state index in [1.54, 1.807) is 0 Å². The highest BCUT2D eigenvalue weighted by molar-refractivity contribution is 5.74. The second-order valence-electron chi connectivity index (χ2n) is 8.45. The molecular weight excluding hydrogens is 428 g/mol. The number of unbranched alkanes of at least 4 members (excludes halogenated alkanes) is 9. The van der Waals surface area contributed by atoms with Gasteiger partial charge in [0.15, 0.2) is 0 Å². The maximum Gasteiger partial charge on any atom is 0.315 e. The lowest BCUT2D eigenvalue weighted by Crippen LogP contribution is -2.26. The van der Waals surface area contributed by atoms with E-state index in [9.17, 15) is 19.2 Å². The third-order valence-corrected chi connectivity index (χ3v) is 5.36. The molecule has 0 bridgehead atoms. The average Bonchev–Trinajstić information content (AvgIpc) is 2.78. The van der Waals surface area contributed by atoms with Gasteiger partial charge in [0.1, 0.15) is 6.61 Å². The number of carbonyl (C=O) groups excluding carboxylic acids is 3. The highest BCUT2D eigenvalue weighted by atomic mass is 16.7. The molecule has 0 spiro atoms. The predicted molar refractivity (Wildman–Crippen MR) is 124 cm³/mol. The van der Waals surface area contributed by atoms with Crippen LogP contribution in [-0.4, -0.2) is 42.4 Å². The fourth-order valence-electron chi connectivity index (χ4n) is 3.29. The van der Waals surface area contributed by atoms with E-state index in [1.807, 2.05) is 0 Å². The Labute approximate surface area is 198 Å². The van der Waals surface area contributed by atoms with Crippen LogP contribution in [0.15, 0.2) is 0 Å². The van der Waals surface area contributed by atoms with E-state index in [1.165, 1.54) is 0 Å². The molecule has 33 heavy (non-hydrogen) atoms. The molecular formula is C25H44O8. The molecule has 0 aliphatic heterocycles. The Morgan fingerprint density at radius 1 is 0.636 bits per heavy atom. The van der Waals surface area contributed by atoms with Crippen molar-refractivity contribution in [1.29, 1.82) is 0 Å². The smallest absolute Gasteiger partial charge is 0.315 e. The van der Waals surface area contributed by atoms with E-state index in [0.717, 1.165) is 64.2 Å². The van der Waals surface area contributed by atoms with Crippen LogP contribution < -0.4 is 0 Å². The standard InChI is InChI=1S/C25H44O8/c1-3-5-7-9-11-17-23(28)31-19-21(15-13-14-16-22(26)27)25(30)33-20-32-24(29)18-12-10-8-6-4-2/h21H,3-20H2,1-2H3,(H,26,27). The highest BCUT2D eigenvalue weighted by Gasteiger charge is 2.22.